The number of carboxylic acids is 1. The Morgan fingerprint density at radius 2 is 2.26 bits per heavy atom. The minimum Gasteiger partial charge on any atom is -0.478 e. The molecule has 0 saturated heterocycles. The second-order valence-electron chi connectivity index (χ2n) is 3.90. The van der Waals surface area contributed by atoms with Crippen molar-refractivity contribution in [3.8, 4) is 0 Å². The molecule has 102 valence electrons. The van der Waals surface area contributed by atoms with Crippen LogP contribution in [0.5, 0.6) is 0 Å². The van der Waals surface area contributed by atoms with E-state index in [1.54, 1.807) is 30.3 Å². The largest absolute Gasteiger partial charge is 0.478 e. The average Bonchev–Trinajstić information content (AvgIpc) is 2.36. The summed E-state index contributed by atoms with van der Waals surface area (Å²) < 4.78 is 0. The van der Waals surface area contributed by atoms with E-state index in [9.17, 15) is 9.59 Å². The quantitative estimate of drug-likeness (QED) is 0.740. The Labute approximate surface area is 111 Å². The Morgan fingerprint density at radius 3 is 2.89 bits per heavy atom. The molecule has 0 saturated carbocycles. The molecule has 0 fully saturated rings. The molecular formula is C13H17N3O3. The molecule has 1 rings (SSSR count). The lowest BCUT2D eigenvalue weighted by atomic mass is 10.2. The van der Waals surface area contributed by atoms with Gasteiger partial charge in [-0.3, -0.25) is 4.79 Å². The van der Waals surface area contributed by atoms with Gasteiger partial charge >= 0.3 is 5.97 Å². The van der Waals surface area contributed by atoms with Crippen LogP contribution < -0.4 is 10.2 Å². The van der Waals surface area contributed by atoms with Crippen LogP contribution in [0.4, 0.5) is 5.82 Å². The zero-order valence-corrected chi connectivity index (χ0v) is 11.0. The van der Waals surface area contributed by atoms with Crippen molar-refractivity contribution < 1.29 is 14.7 Å². The summed E-state index contributed by atoms with van der Waals surface area (Å²) in [5.41, 5.74) is 0.650. The highest BCUT2D eigenvalue weighted by Crippen LogP contribution is 2.16. The molecular weight excluding hydrogens is 246 g/mol. The Morgan fingerprint density at radius 1 is 1.53 bits per heavy atom. The molecule has 19 heavy (non-hydrogen) atoms. The van der Waals surface area contributed by atoms with Crippen LogP contribution in [0.25, 0.3) is 6.08 Å². The smallest absolute Gasteiger partial charge is 0.328 e. The number of nitrogens with zero attached hydrogens (tertiary/aromatic N) is 2. The van der Waals surface area contributed by atoms with Crippen molar-refractivity contribution >= 4 is 23.8 Å². The van der Waals surface area contributed by atoms with Gasteiger partial charge in [0.1, 0.15) is 5.82 Å². The molecule has 0 aliphatic heterocycles. The van der Waals surface area contributed by atoms with Gasteiger partial charge in [-0.2, -0.15) is 0 Å². The van der Waals surface area contributed by atoms with Crippen molar-refractivity contribution in [2.75, 3.05) is 25.0 Å². The van der Waals surface area contributed by atoms with Crippen molar-refractivity contribution in [2.24, 2.45) is 0 Å². The number of aromatic nitrogens is 1. The fraction of sp³-hybridized carbons (Fsp3) is 0.308. The number of aliphatic carboxylic acids is 1. The SMILES string of the molecule is CCNC(=O)CN(C)c1ncccc1/C=C/C(=O)O. The maximum Gasteiger partial charge on any atom is 0.328 e. The third-order valence-corrected chi connectivity index (χ3v) is 2.34. The van der Waals surface area contributed by atoms with E-state index in [4.69, 9.17) is 5.11 Å². The van der Waals surface area contributed by atoms with Gasteiger partial charge in [0.05, 0.1) is 6.54 Å². The molecule has 0 unspecified atom stereocenters. The molecule has 1 amide bonds. The number of hydrogen-bond acceptors (Lipinski definition) is 4. The number of pyridine rings is 1. The van der Waals surface area contributed by atoms with E-state index < -0.39 is 5.97 Å². The second-order valence-corrected chi connectivity index (χ2v) is 3.90. The first-order valence-electron chi connectivity index (χ1n) is 5.88. The average molecular weight is 263 g/mol. The highest BCUT2D eigenvalue weighted by Gasteiger charge is 2.10. The lowest BCUT2D eigenvalue weighted by Crippen LogP contribution is -2.35. The zero-order valence-electron chi connectivity index (χ0n) is 11.0. The van der Waals surface area contributed by atoms with Crippen molar-refractivity contribution in [3.63, 3.8) is 0 Å². The van der Waals surface area contributed by atoms with Crippen molar-refractivity contribution in [1.82, 2.24) is 10.3 Å². The molecule has 0 aliphatic carbocycles. The van der Waals surface area contributed by atoms with E-state index in [1.807, 2.05) is 6.92 Å². The highest BCUT2D eigenvalue weighted by molar-refractivity contribution is 5.87. The molecule has 1 heterocycles. The highest BCUT2D eigenvalue weighted by atomic mass is 16.4. The first kappa shape index (κ1) is 14.7. The minimum atomic E-state index is -1.03. The van der Waals surface area contributed by atoms with Gasteiger partial charge in [0.25, 0.3) is 0 Å². The van der Waals surface area contributed by atoms with Crippen LogP contribution in [0.15, 0.2) is 24.4 Å². The zero-order chi connectivity index (χ0) is 14.3. The van der Waals surface area contributed by atoms with E-state index >= 15 is 0 Å². The summed E-state index contributed by atoms with van der Waals surface area (Å²) in [6.07, 6.45) is 4.10. The molecule has 1 aromatic rings. The topological polar surface area (TPSA) is 82.5 Å². The number of anilines is 1. The Bertz CT molecular complexity index is 486. The second kappa shape index (κ2) is 7.15. The number of hydrogen-bond donors (Lipinski definition) is 2. The maximum absolute atomic E-state index is 11.5. The van der Waals surface area contributed by atoms with E-state index in [2.05, 4.69) is 10.3 Å². The molecule has 0 atom stereocenters. The van der Waals surface area contributed by atoms with Gasteiger partial charge in [0.15, 0.2) is 0 Å². The van der Waals surface area contributed by atoms with Crippen LogP contribution in [0.1, 0.15) is 12.5 Å². The summed E-state index contributed by atoms with van der Waals surface area (Å²) in [5.74, 6) is -0.573. The van der Waals surface area contributed by atoms with E-state index in [1.165, 1.54) is 6.08 Å². The first-order valence-corrected chi connectivity index (χ1v) is 5.88. The van der Waals surface area contributed by atoms with Gasteiger partial charge in [-0.15, -0.1) is 0 Å². The summed E-state index contributed by atoms with van der Waals surface area (Å²) in [6, 6.07) is 3.46. The molecule has 1 aromatic heterocycles. The van der Waals surface area contributed by atoms with Gasteiger partial charge in [0, 0.05) is 31.4 Å². The Hall–Kier alpha value is -2.37. The van der Waals surface area contributed by atoms with E-state index in [0.29, 0.717) is 17.9 Å². The predicted octanol–water partition coefficient (Wildman–Crippen LogP) is 0.752. The number of carbonyl (C=O) groups excluding carboxylic acids is 1. The van der Waals surface area contributed by atoms with E-state index in [-0.39, 0.29) is 12.5 Å². The molecule has 6 nitrogen and oxygen atoms in total. The lowest BCUT2D eigenvalue weighted by Gasteiger charge is -2.19. The lowest BCUT2D eigenvalue weighted by molar-refractivity contribution is -0.131. The molecule has 0 bridgehead atoms. The van der Waals surface area contributed by atoms with Crippen LogP contribution in [0, 0.1) is 0 Å². The number of carboxylic acid groups (broad SMARTS) is 1. The van der Waals surface area contributed by atoms with Crippen molar-refractivity contribution in [1.29, 1.82) is 0 Å². The summed E-state index contributed by atoms with van der Waals surface area (Å²) >= 11 is 0. The fourth-order valence-corrected chi connectivity index (χ4v) is 1.56. The maximum atomic E-state index is 11.5. The summed E-state index contributed by atoms with van der Waals surface area (Å²) in [6.45, 7) is 2.58. The molecule has 0 aliphatic rings. The number of amides is 1. The number of carbonyl (C=O) groups is 2. The van der Waals surface area contributed by atoms with Crippen LogP contribution in [0.2, 0.25) is 0 Å². The standard InChI is InChI=1S/C13H17N3O3/c1-3-14-11(17)9-16(2)13-10(5-4-8-15-13)6-7-12(18)19/h4-8H,3,9H2,1-2H3,(H,14,17)(H,18,19)/b7-6+. The van der Waals surface area contributed by atoms with Gasteiger partial charge in [0.2, 0.25) is 5.91 Å². The normalized spacial score (nSPS) is 10.4. The summed E-state index contributed by atoms with van der Waals surface area (Å²) in [4.78, 5) is 27.9. The molecule has 0 radical (unpaired) electrons. The van der Waals surface area contributed by atoms with Crippen LogP contribution >= 0.6 is 0 Å². The first-order chi connectivity index (χ1) is 9.04. The minimum absolute atomic E-state index is 0.108. The van der Waals surface area contributed by atoms with Crippen LogP contribution in [0.3, 0.4) is 0 Å². The molecule has 2 N–H and O–H groups in total. The van der Waals surface area contributed by atoms with Crippen LogP contribution in [-0.4, -0.2) is 42.1 Å². The number of nitrogens with one attached hydrogen (secondary N) is 1. The van der Waals surface area contributed by atoms with Gasteiger partial charge in [-0.05, 0) is 25.1 Å². The van der Waals surface area contributed by atoms with E-state index in [0.717, 1.165) is 6.08 Å². The predicted molar refractivity (Wildman–Crippen MR) is 72.9 cm³/mol. The fourth-order valence-electron chi connectivity index (χ4n) is 1.56. The van der Waals surface area contributed by atoms with Crippen molar-refractivity contribution in [2.45, 2.75) is 6.92 Å². The summed E-state index contributed by atoms with van der Waals surface area (Å²) in [7, 11) is 1.73. The van der Waals surface area contributed by atoms with Gasteiger partial charge < -0.3 is 15.3 Å². The van der Waals surface area contributed by atoms with Crippen molar-refractivity contribution in [3.05, 3.63) is 30.0 Å². The monoisotopic (exact) mass is 263 g/mol. The Kier molecular flexibility index (Phi) is 5.53. The van der Waals surface area contributed by atoms with Gasteiger partial charge in [-0.1, -0.05) is 0 Å². The number of rotatable bonds is 6. The third-order valence-electron chi connectivity index (χ3n) is 2.34. The summed E-state index contributed by atoms with van der Waals surface area (Å²) in [5, 5.41) is 11.3. The number of likely N-dealkylation sites (N-methyl/N-ethyl adjacent to an activating group) is 2. The third kappa shape index (κ3) is 4.79. The molecule has 6 heteroatoms. The molecule has 0 spiro atoms. The Balaban J connectivity index is 2.87. The molecule has 0 aromatic carbocycles. The van der Waals surface area contributed by atoms with Crippen LogP contribution in [-0.2, 0) is 9.59 Å². The van der Waals surface area contributed by atoms with Gasteiger partial charge in [-0.25, -0.2) is 9.78 Å².